The van der Waals surface area contributed by atoms with Crippen molar-refractivity contribution in [3.63, 3.8) is 0 Å². The fourth-order valence-corrected chi connectivity index (χ4v) is 3.76. The summed E-state index contributed by atoms with van der Waals surface area (Å²) in [6.07, 6.45) is 1.29. The quantitative estimate of drug-likeness (QED) is 0.269. The SMILES string of the molecule is CCOC(=O)c1ccc(N2C(=O)NC(=O)/C(=C\c3ccc(OCc4ccccc4F)c(Cl)c3)C2=O)cc1. The van der Waals surface area contributed by atoms with E-state index in [4.69, 9.17) is 21.1 Å². The van der Waals surface area contributed by atoms with Crippen LogP contribution in [0.5, 0.6) is 5.75 Å². The van der Waals surface area contributed by atoms with Crippen LogP contribution in [-0.2, 0) is 20.9 Å². The number of halogens is 2. The molecule has 0 spiro atoms. The predicted octanol–water partition coefficient (Wildman–Crippen LogP) is 4.90. The molecule has 1 saturated heterocycles. The first-order valence-corrected chi connectivity index (χ1v) is 11.5. The van der Waals surface area contributed by atoms with E-state index < -0.39 is 29.6 Å². The summed E-state index contributed by atoms with van der Waals surface area (Å²) in [5.41, 5.74) is 0.853. The lowest BCUT2D eigenvalue weighted by atomic mass is 10.1. The lowest BCUT2D eigenvalue weighted by Crippen LogP contribution is -2.54. The summed E-state index contributed by atoms with van der Waals surface area (Å²) >= 11 is 6.30. The molecular weight excluding hydrogens is 503 g/mol. The van der Waals surface area contributed by atoms with Crippen LogP contribution in [0.4, 0.5) is 14.9 Å². The first kappa shape index (κ1) is 25.6. The Kier molecular flexibility index (Phi) is 7.64. The Hall–Kier alpha value is -4.50. The second kappa shape index (κ2) is 11.0. The zero-order valence-corrected chi connectivity index (χ0v) is 20.3. The lowest BCUT2D eigenvalue weighted by molar-refractivity contribution is -0.122. The second-order valence-electron chi connectivity index (χ2n) is 7.80. The van der Waals surface area contributed by atoms with Gasteiger partial charge in [-0.15, -0.1) is 0 Å². The van der Waals surface area contributed by atoms with Crippen LogP contribution in [0.2, 0.25) is 5.02 Å². The normalized spacial score (nSPS) is 14.5. The highest BCUT2D eigenvalue weighted by atomic mass is 35.5. The number of ether oxygens (including phenoxy) is 2. The first-order valence-electron chi connectivity index (χ1n) is 11.1. The maximum atomic E-state index is 13.8. The molecule has 1 N–H and O–H groups in total. The summed E-state index contributed by atoms with van der Waals surface area (Å²) in [7, 11) is 0. The molecule has 1 heterocycles. The Morgan fingerprint density at radius 1 is 1.05 bits per heavy atom. The number of nitrogens with one attached hydrogen (secondary N) is 1. The van der Waals surface area contributed by atoms with Gasteiger partial charge in [0.15, 0.2) is 0 Å². The second-order valence-corrected chi connectivity index (χ2v) is 8.20. The fraction of sp³-hybridized carbons (Fsp3) is 0.111. The molecule has 0 unspecified atom stereocenters. The summed E-state index contributed by atoms with van der Waals surface area (Å²) in [4.78, 5) is 50.6. The number of nitrogens with zero attached hydrogens (tertiary/aromatic N) is 1. The molecule has 188 valence electrons. The maximum Gasteiger partial charge on any atom is 0.338 e. The number of rotatable bonds is 7. The van der Waals surface area contributed by atoms with Crippen LogP contribution >= 0.6 is 11.6 Å². The Bertz CT molecular complexity index is 1420. The fourth-order valence-electron chi connectivity index (χ4n) is 3.51. The monoisotopic (exact) mass is 522 g/mol. The highest BCUT2D eigenvalue weighted by Gasteiger charge is 2.36. The van der Waals surface area contributed by atoms with E-state index in [9.17, 15) is 23.6 Å². The van der Waals surface area contributed by atoms with Crippen molar-refractivity contribution in [1.29, 1.82) is 0 Å². The molecule has 1 fully saturated rings. The zero-order valence-electron chi connectivity index (χ0n) is 19.5. The van der Waals surface area contributed by atoms with Crippen molar-refractivity contribution in [1.82, 2.24) is 5.32 Å². The van der Waals surface area contributed by atoms with Crippen LogP contribution in [-0.4, -0.2) is 30.4 Å². The maximum absolute atomic E-state index is 13.8. The van der Waals surface area contributed by atoms with Crippen molar-refractivity contribution in [2.45, 2.75) is 13.5 Å². The van der Waals surface area contributed by atoms with Crippen molar-refractivity contribution in [3.8, 4) is 5.75 Å². The average molecular weight is 523 g/mol. The number of amides is 4. The molecule has 0 atom stereocenters. The number of esters is 1. The van der Waals surface area contributed by atoms with Gasteiger partial charge in [-0.05, 0) is 61.0 Å². The Morgan fingerprint density at radius 3 is 2.46 bits per heavy atom. The number of barbiturate groups is 1. The highest BCUT2D eigenvalue weighted by Crippen LogP contribution is 2.29. The summed E-state index contributed by atoms with van der Waals surface area (Å²) in [6.45, 7) is 1.83. The Labute approximate surface area is 216 Å². The molecule has 1 aliphatic rings. The van der Waals surface area contributed by atoms with Gasteiger partial charge in [0, 0.05) is 5.56 Å². The number of urea groups is 1. The zero-order chi connectivity index (χ0) is 26.5. The highest BCUT2D eigenvalue weighted by molar-refractivity contribution is 6.39. The van der Waals surface area contributed by atoms with Gasteiger partial charge in [0.25, 0.3) is 11.8 Å². The van der Waals surface area contributed by atoms with E-state index in [2.05, 4.69) is 5.32 Å². The molecule has 0 aliphatic carbocycles. The molecule has 0 radical (unpaired) electrons. The molecule has 1 aliphatic heterocycles. The minimum absolute atomic E-state index is 0.0419. The van der Waals surface area contributed by atoms with Crippen molar-refractivity contribution in [2.24, 2.45) is 0 Å². The van der Waals surface area contributed by atoms with E-state index in [1.807, 2.05) is 0 Å². The van der Waals surface area contributed by atoms with Gasteiger partial charge in [-0.2, -0.15) is 0 Å². The molecule has 4 amide bonds. The molecule has 3 aromatic carbocycles. The molecule has 0 saturated carbocycles. The average Bonchev–Trinajstić information content (AvgIpc) is 2.87. The smallest absolute Gasteiger partial charge is 0.338 e. The largest absolute Gasteiger partial charge is 0.487 e. The topological polar surface area (TPSA) is 102 Å². The number of carbonyl (C=O) groups excluding carboxylic acids is 4. The summed E-state index contributed by atoms with van der Waals surface area (Å²) in [5.74, 6) is -2.39. The van der Waals surface area contributed by atoms with Gasteiger partial charge in [0.1, 0.15) is 23.7 Å². The van der Waals surface area contributed by atoms with Crippen molar-refractivity contribution >= 4 is 47.2 Å². The van der Waals surface area contributed by atoms with Crippen molar-refractivity contribution < 1.29 is 33.0 Å². The molecule has 37 heavy (non-hydrogen) atoms. The van der Waals surface area contributed by atoms with Crippen LogP contribution < -0.4 is 15.0 Å². The van der Waals surface area contributed by atoms with Crippen LogP contribution in [0.3, 0.4) is 0 Å². The van der Waals surface area contributed by atoms with Crippen LogP contribution in [0.25, 0.3) is 6.08 Å². The summed E-state index contributed by atoms with van der Waals surface area (Å²) in [6, 6.07) is 15.4. The third-order valence-corrected chi connectivity index (χ3v) is 5.64. The molecule has 8 nitrogen and oxygen atoms in total. The minimum Gasteiger partial charge on any atom is -0.487 e. The molecule has 0 aromatic heterocycles. The van der Waals surface area contributed by atoms with Gasteiger partial charge in [0.05, 0.1) is 22.9 Å². The van der Waals surface area contributed by atoms with E-state index in [-0.39, 0.29) is 40.8 Å². The molecule has 10 heteroatoms. The van der Waals surface area contributed by atoms with Gasteiger partial charge < -0.3 is 9.47 Å². The molecular formula is C27H20ClFN2O6. The standard InChI is InChI=1S/C27H20ClFN2O6/c1-2-36-26(34)17-8-10-19(11-9-17)31-25(33)20(24(32)30-27(31)35)13-16-7-12-23(21(28)14-16)37-15-18-5-3-4-6-22(18)29/h3-14H,2,15H2,1H3,(H,30,32,35)/b20-13+. The molecule has 0 bridgehead atoms. The first-order chi connectivity index (χ1) is 17.8. The molecule has 3 aromatic rings. The Balaban J connectivity index is 1.54. The number of benzene rings is 3. The van der Waals surface area contributed by atoms with Crippen LogP contribution in [0.15, 0.2) is 72.3 Å². The van der Waals surface area contributed by atoms with Crippen molar-refractivity contribution in [2.75, 3.05) is 11.5 Å². The third-order valence-electron chi connectivity index (χ3n) is 5.35. The number of anilines is 1. The van der Waals surface area contributed by atoms with E-state index >= 15 is 0 Å². The predicted molar refractivity (Wildman–Crippen MR) is 134 cm³/mol. The number of hydrogen-bond acceptors (Lipinski definition) is 6. The number of imide groups is 2. The van der Waals surface area contributed by atoms with Crippen LogP contribution in [0, 0.1) is 5.82 Å². The van der Waals surface area contributed by atoms with E-state index in [1.54, 1.807) is 31.2 Å². The summed E-state index contributed by atoms with van der Waals surface area (Å²) in [5, 5.41) is 2.31. The van der Waals surface area contributed by atoms with E-state index in [1.165, 1.54) is 48.5 Å². The van der Waals surface area contributed by atoms with Gasteiger partial charge >= 0.3 is 12.0 Å². The Morgan fingerprint density at radius 2 is 1.78 bits per heavy atom. The minimum atomic E-state index is -0.925. The van der Waals surface area contributed by atoms with Gasteiger partial charge in [-0.3, -0.25) is 14.9 Å². The third kappa shape index (κ3) is 5.68. The number of hydrogen-bond donors (Lipinski definition) is 1. The van der Waals surface area contributed by atoms with Crippen molar-refractivity contribution in [3.05, 3.63) is 99.8 Å². The lowest BCUT2D eigenvalue weighted by Gasteiger charge is -2.26. The van der Waals surface area contributed by atoms with E-state index in [0.717, 1.165) is 4.90 Å². The van der Waals surface area contributed by atoms with Gasteiger partial charge in [-0.1, -0.05) is 35.9 Å². The number of carbonyl (C=O) groups is 4. The molecule has 4 rings (SSSR count). The van der Waals surface area contributed by atoms with E-state index in [0.29, 0.717) is 11.1 Å². The summed E-state index contributed by atoms with van der Waals surface area (Å²) < 4.78 is 24.3. The van der Waals surface area contributed by atoms with Crippen LogP contribution in [0.1, 0.15) is 28.4 Å². The van der Waals surface area contributed by atoms with Gasteiger partial charge in [-0.25, -0.2) is 18.9 Å². The van der Waals surface area contributed by atoms with Gasteiger partial charge in [0.2, 0.25) is 0 Å².